The minimum atomic E-state index is -1.55. The normalized spacial score (nSPS) is 23.6. The number of carbonyl (C=O) groups excluding carboxylic acids is 8. The van der Waals surface area contributed by atoms with E-state index in [4.69, 9.17) is 22.9 Å². The molecule has 15 N–H and O–H groups in total. The maximum atomic E-state index is 14.2. The fraction of sp³-hybridized carbons (Fsp3) is 0.651. The molecule has 0 bridgehead atoms. The number of rotatable bonds is 16. The van der Waals surface area contributed by atoms with E-state index in [0.717, 1.165) is 24.8 Å². The third-order valence-electron chi connectivity index (χ3n) is 11.4. The minimum Gasteiger partial charge on any atom is -0.370 e. The number of nitrogens with two attached hydrogens (primary N) is 4. The molecule has 1 aliphatic heterocycles. The fourth-order valence-corrected chi connectivity index (χ4v) is 10.8. The molecule has 0 radical (unpaired) electrons. The topological polar surface area (TPSA) is 337 Å². The highest BCUT2D eigenvalue weighted by atomic mass is 33.1. The molecule has 1 saturated heterocycles. The molecular weight excluding hydrogens is 877 g/mol. The third kappa shape index (κ3) is 18.7. The number of nitrogens with zero attached hydrogens (tertiary/aromatic N) is 1. The molecule has 1 saturated carbocycles. The van der Waals surface area contributed by atoms with E-state index in [1.54, 1.807) is 38.1 Å². The Balaban J connectivity index is 1.96. The number of hydrogen-bond donors (Lipinski definition) is 11. The van der Waals surface area contributed by atoms with Gasteiger partial charge in [0.1, 0.15) is 30.2 Å². The Morgan fingerprint density at radius 2 is 1.45 bits per heavy atom. The molecule has 0 aromatic heterocycles. The molecule has 362 valence electrons. The molecule has 22 heteroatoms. The van der Waals surface area contributed by atoms with Gasteiger partial charge in [-0.3, -0.25) is 43.3 Å². The maximum absolute atomic E-state index is 14.2. The number of nitrogens with one attached hydrogen (secondary N) is 7. The molecule has 65 heavy (non-hydrogen) atoms. The summed E-state index contributed by atoms with van der Waals surface area (Å²) < 4.78 is -0.578. The van der Waals surface area contributed by atoms with E-state index in [0.29, 0.717) is 38.6 Å². The van der Waals surface area contributed by atoms with E-state index >= 15 is 0 Å². The molecule has 1 unspecified atom stereocenters. The zero-order chi connectivity index (χ0) is 48.1. The zero-order valence-electron chi connectivity index (χ0n) is 38.0. The Morgan fingerprint density at radius 3 is 2.08 bits per heavy atom. The van der Waals surface area contributed by atoms with Crippen molar-refractivity contribution < 1.29 is 38.4 Å². The average molecular weight is 947 g/mol. The van der Waals surface area contributed by atoms with E-state index in [2.05, 4.69) is 42.2 Å². The number of carbonyl (C=O) groups is 8. The molecule has 2 fully saturated rings. The Kier molecular flexibility index (Phi) is 22.9. The molecule has 1 heterocycles. The molecule has 2 aliphatic rings. The first-order chi connectivity index (χ1) is 30.8. The van der Waals surface area contributed by atoms with Crippen LogP contribution in [0.4, 0.5) is 0 Å². The van der Waals surface area contributed by atoms with Crippen LogP contribution in [0.1, 0.15) is 97.5 Å². The van der Waals surface area contributed by atoms with Crippen LogP contribution in [0.5, 0.6) is 0 Å². The first-order valence-electron chi connectivity index (χ1n) is 22.3. The van der Waals surface area contributed by atoms with Crippen molar-refractivity contribution in [2.75, 3.05) is 25.4 Å². The Hall–Kier alpha value is -5.09. The number of benzene rings is 1. The first-order valence-corrected chi connectivity index (χ1v) is 24.7. The molecule has 7 atom stereocenters. The van der Waals surface area contributed by atoms with Crippen molar-refractivity contribution in [3.05, 3.63) is 35.9 Å². The van der Waals surface area contributed by atoms with Gasteiger partial charge in [0, 0.05) is 43.0 Å². The summed E-state index contributed by atoms with van der Waals surface area (Å²) in [6.45, 7) is 7.38. The van der Waals surface area contributed by atoms with Crippen LogP contribution in [-0.2, 0) is 44.8 Å². The summed E-state index contributed by atoms with van der Waals surface area (Å²) in [7, 11) is 2.72. The van der Waals surface area contributed by atoms with E-state index in [9.17, 15) is 38.4 Å². The van der Waals surface area contributed by atoms with E-state index in [-0.39, 0.29) is 49.5 Å². The monoisotopic (exact) mass is 946 g/mol. The molecule has 1 aromatic carbocycles. The molecule has 8 amide bonds. The lowest BCUT2D eigenvalue weighted by Gasteiger charge is -2.37. The largest absolute Gasteiger partial charge is 0.370 e. The van der Waals surface area contributed by atoms with Crippen molar-refractivity contribution in [2.24, 2.45) is 39.8 Å². The van der Waals surface area contributed by atoms with Crippen molar-refractivity contribution >= 4 is 74.8 Å². The zero-order valence-corrected chi connectivity index (χ0v) is 39.6. The van der Waals surface area contributed by atoms with Gasteiger partial charge in [-0.2, -0.15) is 0 Å². The number of amides is 8. The smallest absolute Gasteiger partial charge is 0.243 e. The highest BCUT2D eigenvalue weighted by Gasteiger charge is 2.39. The number of guanidine groups is 1. The van der Waals surface area contributed by atoms with Gasteiger partial charge in [-0.15, -0.1) is 0 Å². The molecule has 1 aliphatic carbocycles. The first kappa shape index (κ1) is 54.2. The van der Waals surface area contributed by atoms with Crippen LogP contribution in [0.3, 0.4) is 0 Å². The molecule has 1 aromatic rings. The van der Waals surface area contributed by atoms with Gasteiger partial charge in [0.05, 0.1) is 12.5 Å². The highest BCUT2D eigenvalue weighted by Crippen LogP contribution is 2.48. The second-order valence-electron chi connectivity index (χ2n) is 17.1. The van der Waals surface area contributed by atoms with Crippen molar-refractivity contribution in [1.29, 1.82) is 0 Å². The summed E-state index contributed by atoms with van der Waals surface area (Å²) >= 11 is 0. The van der Waals surface area contributed by atoms with Crippen molar-refractivity contribution in [2.45, 2.75) is 139 Å². The standard InChI is InChI=1S/C43H70N12O8S2/c1-5-26(4)35-41(63)51-29(21-27-13-8-6-9-14-27)39(61)55-34(25(2)3)40(62)52-30(22-32(45)56)38(60)53-31(24-64-65-43(23-33(57)54-35)16-10-7-11-17-43)37(59)49-20-19-48-36(58)28(44)15-12-18-50-42(46)47/h6,8-9,13-14,25-26,28-31,34-35H,5,7,10-12,15-24,44H2,1-4H3,(H2,45,56)(H,48,58)(H,49,59)(H,51,63)(H,52,62)(H,53,60)(H,54,57)(H,55,61)(H4,46,47,50)/t26-,28?,29+,30+,31+,34-,35+/m0/s1. The summed E-state index contributed by atoms with van der Waals surface area (Å²) in [4.78, 5) is 113. The van der Waals surface area contributed by atoms with Gasteiger partial charge in [0.15, 0.2) is 5.96 Å². The maximum Gasteiger partial charge on any atom is 0.243 e. The SMILES string of the molecule is CC[C@H](C)[C@H]1NC(=O)CC2(CCCCC2)SSC[C@H](C(=O)NCCNC(=O)C(N)CCCN=C(N)N)NC(=O)[C@@H](CC(N)=O)NC(=O)[C@H](C(C)C)NC(=O)[C@@H](Cc2ccccc2)NC1=O. The van der Waals surface area contributed by atoms with Gasteiger partial charge >= 0.3 is 0 Å². The minimum absolute atomic E-state index is 0.00125. The van der Waals surface area contributed by atoms with Crippen LogP contribution in [0, 0.1) is 11.8 Å². The lowest BCUT2D eigenvalue weighted by molar-refractivity contribution is -0.136. The van der Waals surface area contributed by atoms with Crippen molar-refractivity contribution in [1.82, 2.24) is 37.2 Å². The van der Waals surface area contributed by atoms with Crippen LogP contribution in [-0.4, -0.2) is 120 Å². The number of primary amides is 1. The average Bonchev–Trinajstić information content (AvgIpc) is 3.26. The van der Waals surface area contributed by atoms with Crippen LogP contribution >= 0.6 is 21.6 Å². The Morgan fingerprint density at radius 1 is 0.815 bits per heavy atom. The van der Waals surface area contributed by atoms with Gasteiger partial charge in [-0.1, -0.05) is 105 Å². The highest BCUT2D eigenvalue weighted by molar-refractivity contribution is 8.77. The van der Waals surface area contributed by atoms with Crippen molar-refractivity contribution in [3.63, 3.8) is 0 Å². The quantitative estimate of drug-likeness (QED) is 0.0425. The van der Waals surface area contributed by atoms with Gasteiger partial charge in [0.2, 0.25) is 47.3 Å². The van der Waals surface area contributed by atoms with Gasteiger partial charge in [-0.05, 0) is 43.1 Å². The molecule has 20 nitrogen and oxygen atoms in total. The Labute approximate surface area is 389 Å². The molecular formula is C43H70N12O8S2. The molecule has 1 spiro atoms. The summed E-state index contributed by atoms with van der Waals surface area (Å²) in [5, 5.41) is 19.2. The molecule has 3 rings (SSSR count). The lowest BCUT2D eigenvalue weighted by atomic mass is 9.85. The van der Waals surface area contributed by atoms with Crippen LogP contribution in [0.15, 0.2) is 35.3 Å². The third-order valence-corrected chi connectivity index (χ3v) is 14.7. The van der Waals surface area contributed by atoms with Crippen LogP contribution < -0.4 is 60.2 Å². The predicted molar refractivity (Wildman–Crippen MR) is 252 cm³/mol. The van der Waals surface area contributed by atoms with Gasteiger partial charge < -0.3 is 60.2 Å². The Bertz CT molecular complexity index is 1810. The van der Waals surface area contributed by atoms with Crippen LogP contribution in [0.25, 0.3) is 0 Å². The lowest BCUT2D eigenvalue weighted by Crippen LogP contribution is -2.61. The summed E-state index contributed by atoms with van der Waals surface area (Å²) in [5.74, 6) is -6.20. The summed E-state index contributed by atoms with van der Waals surface area (Å²) in [6.07, 6.45) is 4.87. The summed E-state index contributed by atoms with van der Waals surface area (Å²) in [5.41, 5.74) is 22.9. The van der Waals surface area contributed by atoms with E-state index < -0.39 is 94.7 Å². The van der Waals surface area contributed by atoms with E-state index in [1.807, 2.05) is 19.9 Å². The second kappa shape index (κ2) is 27.4. The number of hydrogen-bond acceptors (Lipinski definition) is 12. The fourth-order valence-electron chi connectivity index (χ4n) is 7.44. The predicted octanol–water partition coefficient (Wildman–Crippen LogP) is -0.668. The number of aliphatic imine (C=N–C) groups is 1. The van der Waals surface area contributed by atoms with Crippen LogP contribution in [0.2, 0.25) is 0 Å². The van der Waals surface area contributed by atoms with E-state index in [1.165, 1.54) is 21.6 Å². The summed E-state index contributed by atoms with van der Waals surface area (Å²) in [6, 6.07) is 1.97. The van der Waals surface area contributed by atoms with Crippen molar-refractivity contribution in [3.8, 4) is 0 Å². The second-order valence-corrected chi connectivity index (χ2v) is 19.9. The van der Waals surface area contributed by atoms with Gasteiger partial charge in [-0.25, -0.2) is 0 Å². The van der Waals surface area contributed by atoms with Gasteiger partial charge in [0.25, 0.3) is 0 Å².